The standard InChI is InChI=1S/C43H26F3N3/c44-43(45,46)27-21-22-42-36(23-27)35-15-5-10-20-41(35)49(42)30-25-28(47-37-16-6-1-11-31(37)32-12-2-7-17-38(32)47)24-29(26-30)48-39-18-8-3-13-33(39)34-14-4-9-19-40(34)48/h1-26H. The zero-order valence-electron chi connectivity index (χ0n) is 26.0. The summed E-state index contributed by atoms with van der Waals surface area (Å²) < 4.78 is 48.6. The van der Waals surface area contributed by atoms with E-state index in [2.05, 4.69) is 129 Å². The molecule has 0 aliphatic carbocycles. The van der Waals surface area contributed by atoms with Gasteiger partial charge in [0.2, 0.25) is 0 Å². The lowest BCUT2D eigenvalue weighted by molar-refractivity contribution is -0.137. The summed E-state index contributed by atoms with van der Waals surface area (Å²) in [5.41, 5.74) is 7.93. The van der Waals surface area contributed by atoms with E-state index < -0.39 is 11.7 Å². The van der Waals surface area contributed by atoms with E-state index in [1.165, 1.54) is 12.1 Å². The molecule has 10 aromatic rings. The van der Waals surface area contributed by atoms with Crippen molar-refractivity contribution in [2.24, 2.45) is 0 Å². The van der Waals surface area contributed by atoms with E-state index in [4.69, 9.17) is 0 Å². The molecule has 10 rings (SSSR count). The van der Waals surface area contributed by atoms with Gasteiger partial charge in [0.1, 0.15) is 0 Å². The Kier molecular flexibility index (Phi) is 5.74. The minimum absolute atomic E-state index is 0.561. The van der Waals surface area contributed by atoms with Crippen molar-refractivity contribution in [1.82, 2.24) is 13.7 Å². The molecule has 6 heteroatoms. The van der Waals surface area contributed by atoms with Gasteiger partial charge in [-0.1, -0.05) is 91.0 Å². The smallest absolute Gasteiger partial charge is 0.309 e. The van der Waals surface area contributed by atoms with Crippen LogP contribution in [0.25, 0.3) is 82.5 Å². The van der Waals surface area contributed by atoms with E-state index in [9.17, 15) is 13.2 Å². The zero-order chi connectivity index (χ0) is 32.9. The second-order valence-corrected chi connectivity index (χ2v) is 12.5. The molecule has 7 aromatic carbocycles. The van der Waals surface area contributed by atoms with Crippen molar-refractivity contribution in [1.29, 1.82) is 0 Å². The molecular weight excluding hydrogens is 615 g/mol. The van der Waals surface area contributed by atoms with Crippen molar-refractivity contribution in [3.05, 3.63) is 163 Å². The number of para-hydroxylation sites is 5. The van der Waals surface area contributed by atoms with Gasteiger partial charge in [-0.15, -0.1) is 0 Å². The highest BCUT2D eigenvalue weighted by molar-refractivity contribution is 6.12. The first-order valence-corrected chi connectivity index (χ1v) is 16.2. The summed E-state index contributed by atoms with van der Waals surface area (Å²) in [5.74, 6) is 0. The lowest BCUT2D eigenvalue weighted by Crippen LogP contribution is -2.05. The predicted octanol–water partition coefficient (Wildman–Crippen LogP) is 12.0. The highest BCUT2D eigenvalue weighted by atomic mass is 19.4. The molecular formula is C43H26F3N3. The fourth-order valence-electron chi connectivity index (χ4n) is 7.80. The summed E-state index contributed by atoms with van der Waals surface area (Å²) >= 11 is 0. The minimum atomic E-state index is -4.45. The fourth-order valence-corrected chi connectivity index (χ4v) is 7.80. The summed E-state index contributed by atoms with van der Waals surface area (Å²) in [6, 6.07) is 51.9. The Morgan fingerprint density at radius 1 is 0.306 bits per heavy atom. The largest absolute Gasteiger partial charge is 0.416 e. The van der Waals surface area contributed by atoms with Crippen LogP contribution >= 0.6 is 0 Å². The molecule has 0 amide bonds. The first-order chi connectivity index (χ1) is 24.0. The maximum Gasteiger partial charge on any atom is 0.416 e. The molecule has 3 aromatic heterocycles. The quantitative estimate of drug-likeness (QED) is 0.182. The van der Waals surface area contributed by atoms with Gasteiger partial charge in [0, 0.05) is 32.3 Å². The Morgan fingerprint density at radius 3 is 0.918 bits per heavy atom. The van der Waals surface area contributed by atoms with Crippen molar-refractivity contribution in [3.8, 4) is 17.1 Å². The molecule has 0 radical (unpaired) electrons. The van der Waals surface area contributed by atoms with Gasteiger partial charge >= 0.3 is 6.18 Å². The molecule has 0 N–H and O–H groups in total. The van der Waals surface area contributed by atoms with Gasteiger partial charge in [0.05, 0.1) is 55.7 Å². The third-order valence-electron chi connectivity index (χ3n) is 9.82. The number of halogens is 3. The Hall–Kier alpha value is -6.27. The zero-order valence-corrected chi connectivity index (χ0v) is 26.0. The maximum absolute atomic E-state index is 14.0. The number of nitrogens with zero attached hydrogens (tertiary/aromatic N) is 3. The van der Waals surface area contributed by atoms with Gasteiger partial charge < -0.3 is 13.7 Å². The first kappa shape index (κ1) is 27.8. The van der Waals surface area contributed by atoms with Crippen LogP contribution in [-0.2, 0) is 6.18 Å². The Labute approximate surface area is 278 Å². The number of aromatic nitrogens is 3. The second kappa shape index (κ2) is 10.1. The van der Waals surface area contributed by atoms with Crippen molar-refractivity contribution in [3.63, 3.8) is 0 Å². The van der Waals surface area contributed by atoms with Crippen LogP contribution in [0, 0.1) is 0 Å². The van der Waals surface area contributed by atoms with Crippen molar-refractivity contribution in [2.75, 3.05) is 0 Å². The van der Waals surface area contributed by atoms with Crippen LogP contribution in [0.4, 0.5) is 13.2 Å². The van der Waals surface area contributed by atoms with Gasteiger partial charge in [0.25, 0.3) is 0 Å². The molecule has 3 nitrogen and oxygen atoms in total. The summed E-state index contributed by atoms with van der Waals surface area (Å²) in [6.07, 6.45) is -4.45. The normalized spacial score (nSPS) is 12.4. The highest BCUT2D eigenvalue weighted by Crippen LogP contribution is 2.40. The van der Waals surface area contributed by atoms with Crippen molar-refractivity contribution in [2.45, 2.75) is 6.18 Å². The molecule has 0 fully saturated rings. The van der Waals surface area contributed by atoms with Crippen molar-refractivity contribution >= 4 is 65.4 Å². The Bertz CT molecular complexity index is 2700. The number of hydrogen-bond donors (Lipinski definition) is 0. The number of hydrogen-bond acceptors (Lipinski definition) is 0. The van der Waals surface area contributed by atoms with Crippen LogP contribution in [0.3, 0.4) is 0 Å². The predicted molar refractivity (Wildman–Crippen MR) is 194 cm³/mol. The monoisotopic (exact) mass is 641 g/mol. The maximum atomic E-state index is 14.0. The lowest BCUT2D eigenvalue weighted by Gasteiger charge is -2.17. The third kappa shape index (κ3) is 4.04. The van der Waals surface area contributed by atoms with Gasteiger partial charge in [-0.05, 0) is 66.7 Å². The molecule has 3 heterocycles. The van der Waals surface area contributed by atoms with Gasteiger partial charge in [0.15, 0.2) is 0 Å². The van der Waals surface area contributed by atoms with Crippen LogP contribution in [0.15, 0.2) is 158 Å². The molecule has 0 unspecified atom stereocenters. The molecule has 0 spiro atoms. The average molecular weight is 642 g/mol. The van der Waals surface area contributed by atoms with Crippen LogP contribution in [-0.4, -0.2) is 13.7 Å². The van der Waals surface area contributed by atoms with E-state index in [1.807, 2.05) is 24.3 Å². The molecule has 0 aliphatic heterocycles. The molecule has 0 bridgehead atoms. The molecule has 0 atom stereocenters. The van der Waals surface area contributed by atoms with E-state index in [0.29, 0.717) is 10.9 Å². The topological polar surface area (TPSA) is 14.8 Å². The van der Waals surface area contributed by atoms with Crippen LogP contribution in [0.2, 0.25) is 0 Å². The SMILES string of the molecule is FC(F)(F)c1ccc2c(c1)c1ccccc1n2-c1cc(-n2c3ccccc3c3ccccc32)cc(-n2c3ccccc3c3ccccc32)c1. The molecule has 49 heavy (non-hydrogen) atoms. The van der Waals surface area contributed by atoms with Gasteiger partial charge in [-0.3, -0.25) is 0 Å². The molecule has 234 valence electrons. The Balaban J connectivity index is 1.36. The highest BCUT2D eigenvalue weighted by Gasteiger charge is 2.31. The first-order valence-electron chi connectivity index (χ1n) is 16.2. The van der Waals surface area contributed by atoms with E-state index in [0.717, 1.165) is 71.6 Å². The second-order valence-electron chi connectivity index (χ2n) is 12.5. The van der Waals surface area contributed by atoms with Gasteiger partial charge in [-0.25, -0.2) is 0 Å². The summed E-state index contributed by atoms with van der Waals surface area (Å²) in [4.78, 5) is 0. The summed E-state index contributed by atoms with van der Waals surface area (Å²) in [5, 5.41) is 5.93. The van der Waals surface area contributed by atoms with E-state index in [1.54, 1.807) is 6.07 Å². The fraction of sp³-hybridized carbons (Fsp3) is 0.0233. The summed E-state index contributed by atoms with van der Waals surface area (Å²) in [7, 11) is 0. The number of fused-ring (bicyclic) bond motifs is 9. The summed E-state index contributed by atoms with van der Waals surface area (Å²) in [6.45, 7) is 0. The van der Waals surface area contributed by atoms with Crippen molar-refractivity contribution < 1.29 is 13.2 Å². The molecule has 0 saturated heterocycles. The van der Waals surface area contributed by atoms with Crippen LogP contribution in [0.1, 0.15) is 5.56 Å². The third-order valence-corrected chi connectivity index (χ3v) is 9.82. The Morgan fingerprint density at radius 2 is 0.592 bits per heavy atom. The van der Waals surface area contributed by atoms with E-state index in [-0.39, 0.29) is 0 Å². The van der Waals surface area contributed by atoms with Crippen LogP contribution < -0.4 is 0 Å². The number of benzene rings is 7. The number of alkyl halides is 3. The van der Waals surface area contributed by atoms with Gasteiger partial charge in [-0.2, -0.15) is 13.2 Å². The molecule has 0 saturated carbocycles. The minimum Gasteiger partial charge on any atom is -0.309 e. The number of rotatable bonds is 3. The van der Waals surface area contributed by atoms with Crippen LogP contribution in [0.5, 0.6) is 0 Å². The lowest BCUT2D eigenvalue weighted by atomic mass is 10.1. The average Bonchev–Trinajstić information content (AvgIpc) is 3.77. The van der Waals surface area contributed by atoms with E-state index >= 15 is 0 Å². The molecule has 0 aliphatic rings.